The third-order valence-electron chi connectivity index (χ3n) is 4.92. The van der Waals surface area contributed by atoms with Crippen LogP contribution in [0.5, 0.6) is 11.5 Å². The van der Waals surface area contributed by atoms with Crippen molar-refractivity contribution in [1.29, 1.82) is 0 Å². The van der Waals surface area contributed by atoms with Crippen LogP contribution in [0.3, 0.4) is 0 Å². The molecule has 0 saturated carbocycles. The molecular weight excluding hydrogens is 344 g/mol. The van der Waals surface area contributed by atoms with Crippen LogP contribution < -0.4 is 4.74 Å². The lowest BCUT2D eigenvalue weighted by molar-refractivity contribution is 0.390. The second kappa shape index (κ2) is 5.75. The number of hydrogen-bond donors (Lipinski definition) is 0. The van der Waals surface area contributed by atoms with E-state index in [4.69, 9.17) is 16.3 Å². The zero-order valence-electron chi connectivity index (χ0n) is 13.8. The van der Waals surface area contributed by atoms with Crippen LogP contribution in [-0.4, -0.2) is 9.55 Å². The van der Waals surface area contributed by atoms with Crippen molar-refractivity contribution in [3.8, 4) is 11.5 Å². The van der Waals surface area contributed by atoms with Crippen LogP contribution in [0, 0.1) is 0 Å². The van der Waals surface area contributed by atoms with Crippen LogP contribution in [-0.2, 0) is 5.54 Å². The molecule has 4 aromatic rings. The first-order valence-corrected chi connectivity index (χ1v) is 8.80. The molecule has 1 unspecified atom stereocenters. The smallest absolute Gasteiger partial charge is 0.135 e. The number of imidazole rings is 1. The third kappa shape index (κ3) is 1.98. The molecule has 126 valence electrons. The second-order valence-corrected chi connectivity index (χ2v) is 6.66. The van der Waals surface area contributed by atoms with Gasteiger partial charge in [-0.1, -0.05) is 66.2 Å². The molecule has 0 N–H and O–H groups in total. The topological polar surface area (TPSA) is 27.1 Å². The zero-order valence-corrected chi connectivity index (χ0v) is 14.6. The van der Waals surface area contributed by atoms with Gasteiger partial charge in [0.2, 0.25) is 0 Å². The van der Waals surface area contributed by atoms with E-state index in [1.807, 2.05) is 67.1 Å². The Hall–Kier alpha value is -3.04. The fraction of sp³-hybridized carbons (Fsp3) is 0.0455. The summed E-state index contributed by atoms with van der Waals surface area (Å²) >= 11 is 6.75. The van der Waals surface area contributed by atoms with Gasteiger partial charge in [0.05, 0.1) is 11.3 Å². The van der Waals surface area contributed by atoms with Crippen molar-refractivity contribution in [3.05, 3.63) is 113 Å². The first-order valence-electron chi connectivity index (χ1n) is 8.42. The number of para-hydroxylation sites is 1. The summed E-state index contributed by atoms with van der Waals surface area (Å²) in [7, 11) is 0. The largest absolute Gasteiger partial charge is 0.457 e. The van der Waals surface area contributed by atoms with Gasteiger partial charge < -0.3 is 9.30 Å². The average molecular weight is 359 g/mol. The quantitative estimate of drug-likeness (QED) is 0.417. The van der Waals surface area contributed by atoms with E-state index in [-0.39, 0.29) is 0 Å². The Morgan fingerprint density at radius 3 is 2.42 bits per heavy atom. The van der Waals surface area contributed by atoms with Gasteiger partial charge in [0.25, 0.3) is 0 Å². The molecule has 1 aliphatic heterocycles. The summed E-state index contributed by atoms with van der Waals surface area (Å²) in [5.41, 5.74) is 2.40. The monoisotopic (exact) mass is 358 g/mol. The predicted molar refractivity (Wildman–Crippen MR) is 102 cm³/mol. The molecule has 1 aromatic heterocycles. The number of nitrogens with zero attached hydrogens (tertiary/aromatic N) is 2. The van der Waals surface area contributed by atoms with Gasteiger partial charge >= 0.3 is 0 Å². The average Bonchev–Trinajstić information content (AvgIpc) is 3.22. The Balaban J connectivity index is 2.00. The van der Waals surface area contributed by atoms with Crippen LogP contribution in [0.25, 0.3) is 0 Å². The van der Waals surface area contributed by atoms with Crippen LogP contribution in [0.2, 0.25) is 5.02 Å². The zero-order chi connectivity index (χ0) is 17.6. The van der Waals surface area contributed by atoms with Crippen LogP contribution in [0.4, 0.5) is 0 Å². The Labute approximate surface area is 156 Å². The van der Waals surface area contributed by atoms with Gasteiger partial charge in [-0.25, -0.2) is 4.98 Å². The van der Waals surface area contributed by atoms with Crippen molar-refractivity contribution in [2.45, 2.75) is 5.54 Å². The summed E-state index contributed by atoms with van der Waals surface area (Å²) in [6, 6.07) is 24.2. The van der Waals surface area contributed by atoms with E-state index >= 15 is 0 Å². The number of halogens is 1. The maximum absolute atomic E-state index is 6.75. The number of benzene rings is 3. The van der Waals surface area contributed by atoms with Gasteiger partial charge in [0, 0.05) is 23.5 Å². The maximum Gasteiger partial charge on any atom is 0.135 e. The summed E-state index contributed by atoms with van der Waals surface area (Å²) in [5, 5.41) is 0.662. The van der Waals surface area contributed by atoms with Crippen LogP contribution in [0.1, 0.15) is 16.7 Å². The predicted octanol–water partition coefficient (Wildman–Crippen LogP) is 5.48. The van der Waals surface area contributed by atoms with Crippen molar-refractivity contribution in [3.63, 3.8) is 0 Å². The molecule has 1 atom stereocenters. The van der Waals surface area contributed by atoms with E-state index in [2.05, 4.69) is 27.8 Å². The van der Waals surface area contributed by atoms with E-state index in [0.717, 1.165) is 28.2 Å². The molecule has 4 heteroatoms. The molecule has 0 bridgehead atoms. The number of hydrogen-bond acceptors (Lipinski definition) is 2. The molecule has 26 heavy (non-hydrogen) atoms. The Kier molecular flexibility index (Phi) is 3.37. The van der Waals surface area contributed by atoms with Gasteiger partial charge in [0.1, 0.15) is 17.0 Å². The van der Waals surface area contributed by atoms with Crippen molar-refractivity contribution in [2.75, 3.05) is 0 Å². The minimum absolute atomic E-state index is 0.653. The molecule has 0 saturated heterocycles. The third-order valence-corrected chi connectivity index (χ3v) is 5.23. The summed E-state index contributed by atoms with van der Waals surface area (Å²) < 4.78 is 8.32. The van der Waals surface area contributed by atoms with E-state index in [9.17, 15) is 0 Å². The molecule has 0 aliphatic carbocycles. The number of rotatable bonds is 2. The lowest BCUT2D eigenvalue weighted by atomic mass is 9.74. The van der Waals surface area contributed by atoms with E-state index in [1.54, 1.807) is 6.20 Å². The highest BCUT2D eigenvalue weighted by molar-refractivity contribution is 6.31. The van der Waals surface area contributed by atoms with Gasteiger partial charge in [-0.05, 0) is 23.8 Å². The van der Waals surface area contributed by atoms with Gasteiger partial charge in [-0.2, -0.15) is 0 Å². The number of aromatic nitrogens is 2. The highest BCUT2D eigenvalue weighted by Gasteiger charge is 2.46. The van der Waals surface area contributed by atoms with Gasteiger partial charge in [-0.15, -0.1) is 0 Å². The lowest BCUT2D eigenvalue weighted by Gasteiger charge is -2.42. The Morgan fingerprint density at radius 1 is 0.846 bits per heavy atom. The minimum atomic E-state index is -0.653. The van der Waals surface area contributed by atoms with Crippen molar-refractivity contribution >= 4 is 11.6 Å². The SMILES string of the molecule is Clc1cccc2c1C(c1ccccc1)(n1ccnc1)c1ccccc1O2. The molecule has 0 spiro atoms. The molecule has 3 nitrogen and oxygen atoms in total. The normalized spacial score (nSPS) is 17.9. The number of fused-ring (bicyclic) bond motifs is 2. The molecule has 0 amide bonds. The van der Waals surface area contributed by atoms with E-state index < -0.39 is 5.54 Å². The summed E-state index contributed by atoms with van der Waals surface area (Å²) in [6.45, 7) is 0. The molecule has 5 rings (SSSR count). The maximum atomic E-state index is 6.75. The number of ether oxygens (including phenoxy) is 1. The Bertz CT molecular complexity index is 1080. The minimum Gasteiger partial charge on any atom is -0.457 e. The fourth-order valence-corrected chi connectivity index (χ4v) is 4.20. The molecule has 3 aromatic carbocycles. The Morgan fingerprint density at radius 2 is 1.62 bits per heavy atom. The molecule has 1 aliphatic rings. The first-order chi connectivity index (χ1) is 12.8. The van der Waals surface area contributed by atoms with Crippen molar-refractivity contribution < 1.29 is 4.74 Å². The van der Waals surface area contributed by atoms with E-state index in [0.29, 0.717) is 5.02 Å². The summed E-state index contributed by atoms with van der Waals surface area (Å²) in [5.74, 6) is 1.58. The van der Waals surface area contributed by atoms with Gasteiger partial charge in [-0.3, -0.25) is 0 Å². The summed E-state index contributed by atoms with van der Waals surface area (Å²) in [4.78, 5) is 4.32. The van der Waals surface area contributed by atoms with Gasteiger partial charge in [0.15, 0.2) is 0 Å². The van der Waals surface area contributed by atoms with Crippen molar-refractivity contribution in [1.82, 2.24) is 9.55 Å². The van der Waals surface area contributed by atoms with Crippen LogP contribution in [0.15, 0.2) is 91.5 Å². The van der Waals surface area contributed by atoms with Crippen molar-refractivity contribution in [2.24, 2.45) is 0 Å². The standard InChI is InChI=1S/C22H15ClN2O/c23-18-10-6-12-20-21(18)22(25-14-13-24-15-25,16-7-2-1-3-8-16)17-9-4-5-11-19(17)26-20/h1-15H. The molecular formula is C22H15ClN2O. The molecule has 2 heterocycles. The summed E-state index contributed by atoms with van der Waals surface area (Å²) in [6.07, 6.45) is 5.60. The first kappa shape index (κ1) is 15.2. The molecule has 0 radical (unpaired) electrons. The van der Waals surface area contributed by atoms with E-state index in [1.165, 1.54) is 0 Å². The highest BCUT2D eigenvalue weighted by Crippen LogP contribution is 2.54. The molecule has 0 fully saturated rings. The fourth-order valence-electron chi connectivity index (χ4n) is 3.90. The van der Waals surface area contributed by atoms with Crippen LogP contribution >= 0.6 is 11.6 Å². The highest BCUT2D eigenvalue weighted by atomic mass is 35.5. The second-order valence-electron chi connectivity index (χ2n) is 6.26. The lowest BCUT2D eigenvalue weighted by Crippen LogP contribution is -2.39.